The number of thiophene rings is 1. The van der Waals surface area contributed by atoms with Crippen LogP contribution in [0.25, 0.3) is 10.1 Å². The Balaban J connectivity index is 1.46. The number of fused-ring (bicyclic) bond motifs is 1. The van der Waals surface area contributed by atoms with E-state index in [4.69, 9.17) is 4.74 Å². The molecule has 1 heterocycles. The molecule has 0 saturated carbocycles. The van der Waals surface area contributed by atoms with Gasteiger partial charge in [-0.1, -0.05) is 24.3 Å². The van der Waals surface area contributed by atoms with Crippen LogP contribution in [0.5, 0.6) is 5.75 Å². The van der Waals surface area contributed by atoms with E-state index in [2.05, 4.69) is 41.9 Å². The van der Waals surface area contributed by atoms with Crippen LogP contribution in [0.3, 0.4) is 0 Å². The highest BCUT2D eigenvalue weighted by Gasteiger charge is 2.06. The largest absolute Gasteiger partial charge is 0.484 e. The number of aryl methyl sites for hydroxylation is 2. The number of benzene rings is 2. The standard InChI is InChI=1S/C20H21NO2S/c1-14-7-8-17(11-15(14)2)23-12-20(22)21-10-9-16-13-24-19-6-4-3-5-18(16)19/h3-8,11,13H,9-10,12H2,1-2H3,(H,21,22). The molecule has 0 fully saturated rings. The second-order valence-corrected chi connectivity index (χ2v) is 6.80. The third-order valence-electron chi connectivity index (χ3n) is 4.13. The monoisotopic (exact) mass is 339 g/mol. The molecule has 0 bridgehead atoms. The molecule has 124 valence electrons. The molecule has 0 unspecified atom stereocenters. The maximum absolute atomic E-state index is 11.9. The van der Waals surface area contributed by atoms with E-state index in [1.54, 1.807) is 11.3 Å². The van der Waals surface area contributed by atoms with E-state index in [0.29, 0.717) is 6.54 Å². The van der Waals surface area contributed by atoms with E-state index in [1.807, 2.05) is 25.1 Å². The van der Waals surface area contributed by atoms with Crippen molar-refractivity contribution in [1.82, 2.24) is 5.32 Å². The van der Waals surface area contributed by atoms with Crippen molar-refractivity contribution in [3.63, 3.8) is 0 Å². The van der Waals surface area contributed by atoms with Crippen LogP contribution in [0.2, 0.25) is 0 Å². The van der Waals surface area contributed by atoms with E-state index >= 15 is 0 Å². The number of carbonyl (C=O) groups excluding carboxylic acids is 1. The number of hydrogen-bond donors (Lipinski definition) is 1. The Morgan fingerprint density at radius 2 is 1.96 bits per heavy atom. The van der Waals surface area contributed by atoms with E-state index in [-0.39, 0.29) is 12.5 Å². The van der Waals surface area contributed by atoms with Gasteiger partial charge in [-0.05, 0) is 65.9 Å². The average molecular weight is 339 g/mol. The third kappa shape index (κ3) is 3.95. The van der Waals surface area contributed by atoms with Crippen LogP contribution in [0.1, 0.15) is 16.7 Å². The van der Waals surface area contributed by atoms with Gasteiger partial charge in [0.25, 0.3) is 5.91 Å². The first kappa shape index (κ1) is 16.5. The van der Waals surface area contributed by atoms with Crippen molar-refractivity contribution >= 4 is 27.3 Å². The van der Waals surface area contributed by atoms with Gasteiger partial charge < -0.3 is 10.1 Å². The fourth-order valence-electron chi connectivity index (χ4n) is 2.57. The lowest BCUT2D eigenvalue weighted by atomic mass is 10.1. The number of hydrogen-bond acceptors (Lipinski definition) is 3. The molecule has 3 nitrogen and oxygen atoms in total. The summed E-state index contributed by atoms with van der Waals surface area (Å²) in [6, 6.07) is 14.2. The summed E-state index contributed by atoms with van der Waals surface area (Å²) in [5.74, 6) is 0.643. The van der Waals surface area contributed by atoms with Crippen LogP contribution in [0.4, 0.5) is 0 Å². The molecule has 3 aromatic rings. The van der Waals surface area contributed by atoms with Crippen molar-refractivity contribution < 1.29 is 9.53 Å². The Kier molecular flexibility index (Phi) is 5.16. The van der Waals surface area contributed by atoms with Gasteiger partial charge in [0.1, 0.15) is 5.75 Å². The van der Waals surface area contributed by atoms with E-state index in [0.717, 1.165) is 17.7 Å². The summed E-state index contributed by atoms with van der Waals surface area (Å²) in [7, 11) is 0. The van der Waals surface area contributed by atoms with Crippen LogP contribution >= 0.6 is 11.3 Å². The zero-order valence-electron chi connectivity index (χ0n) is 14.0. The zero-order valence-corrected chi connectivity index (χ0v) is 14.8. The summed E-state index contributed by atoms with van der Waals surface area (Å²) < 4.78 is 6.84. The van der Waals surface area contributed by atoms with Crippen molar-refractivity contribution in [1.29, 1.82) is 0 Å². The van der Waals surface area contributed by atoms with E-state index in [1.165, 1.54) is 21.2 Å². The molecule has 0 radical (unpaired) electrons. The van der Waals surface area contributed by atoms with Gasteiger partial charge in [-0.25, -0.2) is 0 Å². The van der Waals surface area contributed by atoms with Gasteiger partial charge in [-0.15, -0.1) is 11.3 Å². The average Bonchev–Trinajstić information content (AvgIpc) is 2.99. The fourth-order valence-corrected chi connectivity index (χ4v) is 3.56. The van der Waals surface area contributed by atoms with Crippen molar-refractivity contribution in [2.45, 2.75) is 20.3 Å². The first-order valence-electron chi connectivity index (χ1n) is 8.05. The second kappa shape index (κ2) is 7.49. The third-order valence-corrected chi connectivity index (χ3v) is 5.14. The summed E-state index contributed by atoms with van der Waals surface area (Å²) in [6.07, 6.45) is 0.833. The number of amides is 1. The minimum atomic E-state index is -0.0900. The lowest BCUT2D eigenvalue weighted by Gasteiger charge is -2.09. The highest BCUT2D eigenvalue weighted by Crippen LogP contribution is 2.25. The minimum Gasteiger partial charge on any atom is -0.484 e. The van der Waals surface area contributed by atoms with Gasteiger partial charge in [0, 0.05) is 11.2 Å². The van der Waals surface area contributed by atoms with E-state index in [9.17, 15) is 4.79 Å². The maximum atomic E-state index is 11.9. The molecule has 0 saturated heterocycles. The Bertz CT molecular complexity index is 854. The summed E-state index contributed by atoms with van der Waals surface area (Å²) >= 11 is 1.75. The number of ether oxygens (including phenoxy) is 1. The molecule has 0 aliphatic carbocycles. The normalized spacial score (nSPS) is 10.8. The van der Waals surface area contributed by atoms with Crippen LogP contribution in [0, 0.1) is 13.8 Å². The predicted molar refractivity (Wildman–Crippen MR) is 99.9 cm³/mol. The lowest BCUT2D eigenvalue weighted by molar-refractivity contribution is -0.123. The van der Waals surface area contributed by atoms with Gasteiger partial charge in [0.15, 0.2) is 6.61 Å². The molecule has 24 heavy (non-hydrogen) atoms. The van der Waals surface area contributed by atoms with Crippen molar-refractivity contribution in [3.05, 3.63) is 64.5 Å². The molecular weight excluding hydrogens is 318 g/mol. The van der Waals surface area contributed by atoms with Crippen molar-refractivity contribution in [3.8, 4) is 5.75 Å². The summed E-state index contributed by atoms with van der Waals surface area (Å²) in [5.41, 5.74) is 3.66. The molecule has 4 heteroatoms. The van der Waals surface area contributed by atoms with Crippen LogP contribution in [-0.2, 0) is 11.2 Å². The SMILES string of the molecule is Cc1ccc(OCC(=O)NCCc2csc3ccccc23)cc1C. The molecule has 1 amide bonds. The molecule has 0 atom stereocenters. The molecular formula is C20H21NO2S. The molecule has 0 aliphatic heterocycles. The van der Waals surface area contributed by atoms with E-state index < -0.39 is 0 Å². The maximum Gasteiger partial charge on any atom is 0.257 e. The minimum absolute atomic E-state index is 0.0485. The molecule has 0 aliphatic rings. The smallest absolute Gasteiger partial charge is 0.257 e. The van der Waals surface area contributed by atoms with Gasteiger partial charge in [0.05, 0.1) is 0 Å². The van der Waals surface area contributed by atoms with Crippen molar-refractivity contribution in [2.24, 2.45) is 0 Å². The topological polar surface area (TPSA) is 38.3 Å². The Morgan fingerprint density at radius 3 is 2.79 bits per heavy atom. The number of rotatable bonds is 6. The first-order chi connectivity index (χ1) is 11.6. The Labute approximate surface area is 146 Å². The molecule has 2 aromatic carbocycles. The number of nitrogens with one attached hydrogen (secondary N) is 1. The molecule has 3 rings (SSSR count). The zero-order chi connectivity index (χ0) is 16.9. The fraction of sp³-hybridized carbons (Fsp3) is 0.250. The predicted octanol–water partition coefficient (Wildman–Crippen LogP) is 4.26. The summed E-state index contributed by atoms with van der Waals surface area (Å²) in [6.45, 7) is 4.76. The molecule has 1 aromatic heterocycles. The summed E-state index contributed by atoms with van der Waals surface area (Å²) in [4.78, 5) is 11.9. The van der Waals surface area contributed by atoms with Crippen LogP contribution in [0.15, 0.2) is 47.8 Å². The Morgan fingerprint density at radius 1 is 1.12 bits per heavy atom. The highest BCUT2D eigenvalue weighted by molar-refractivity contribution is 7.17. The van der Waals surface area contributed by atoms with Crippen LogP contribution < -0.4 is 10.1 Å². The molecule has 1 N–H and O–H groups in total. The second-order valence-electron chi connectivity index (χ2n) is 5.89. The molecule has 0 spiro atoms. The quantitative estimate of drug-likeness (QED) is 0.729. The number of carbonyl (C=O) groups is 1. The van der Waals surface area contributed by atoms with Crippen LogP contribution in [-0.4, -0.2) is 19.1 Å². The highest BCUT2D eigenvalue weighted by atomic mass is 32.1. The Hall–Kier alpha value is -2.33. The lowest BCUT2D eigenvalue weighted by Crippen LogP contribution is -2.30. The van der Waals surface area contributed by atoms with Gasteiger partial charge in [-0.3, -0.25) is 4.79 Å². The summed E-state index contributed by atoms with van der Waals surface area (Å²) in [5, 5.41) is 6.37. The first-order valence-corrected chi connectivity index (χ1v) is 8.93. The van der Waals surface area contributed by atoms with Gasteiger partial charge >= 0.3 is 0 Å². The van der Waals surface area contributed by atoms with Gasteiger partial charge in [0.2, 0.25) is 0 Å². The van der Waals surface area contributed by atoms with Crippen molar-refractivity contribution in [2.75, 3.05) is 13.2 Å². The van der Waals surface area contributed by atoms with Gasteiger partial charge in [-0.2, -0.15) is 0 Å².